The Bertz CT molecular complexity index is 1060. The Morgan fingerprint density at radius 2 is 1.78 bits per heavy atom. The molecule has 1 atom stereocenters. The monoisotopic (exact) mass is 433 g/mol. The quantitative estimate of drug-likeness (QED) is 0.576. The lowest BCUT2D eigenvalue weighted by molar-refractivity contribution is 0.184. The van der Waals surface area contributed by atoms with Crippen LogP contribution in [0.5, 0.6) is 11.5 Å². The summed E-state index contributed by atoms with van der Waals surface area (Å²) in [6, 6.07) is 15.0. The fourth-order valence-electron chi connectivity index (χ4n) is 5.25. The molecular weight excluding hydrogens is 402 g/mol. The Morgan fingerprint density at radius 1 is 0.969 bits per heavy atom. The molecule has 5 rings (SSSR count). The fraction of sp³-hybridized carbons (Fsp3) is 0.480. The molecule has 1 aliphatic carbocycles. The number of hydrogen-bond acceptors (Lipinski definition) is 6. The molecule has 2 heterocycles. The lowest BCUT2D eigenvalue weighted by Crippen LogP contribution is -2.37. The summed E-state index contributed by atoms with van der Waals surface area (Å²) in [5, 5.41) is 13.2. The van der Waals surface area contributed by atoms with E-state index in [-0.39, 0.29) is 6.04 Å². The highest BCUT2D eigenvalue weighted by molar-refractivity contribution is 5.45. The molecule has 7 heteroatoms. The first-order valence-electron chi connectivity index (χ1n) is 11.6. The third-order valence-corrected chi connectivity index (χ3v) is 6.94. The first kappa shape index (κ1) is 20.9. The zero-order chi connectivity index (χ0) is 21.9. The molecular formula is C25H31N5O2. The summed E-state index contributed by atoms with van der Waals surface area (Å²) >= 11 is 0. The molecule has 1 saturated carbocycles. The highest BCUT2D eigenvalue weighted by Gasteiger charge is 2.34. The minimum atomic E-state index is -0.0962. The standard InChI is InChI=1S/C25H31N5O2/c1-31-21-12-13-22(23(16-21)32-2)24(29-15-14-18-8-6-7-9-19(18)17-29)25-26-27-28-30(25)20-10-4-3-5-11-20/h6-9,12-13,16,20,24H,3-5,10-11,14-15,17H2,1-2H3/t24-/m0/s1. The van der Waals surface area contributed by atoms with E-state index in [4.69, 9.17) is 9.47 Å². The van der Waals surface area contributed by atoms with E-state index in [1.54, 1.807) is 14.2 Å². The van der Waals surface area contributed by atoms with Crippen LogP contribution in [0.4, 0.5) is 0 Å². The third-order valence-electron chi connectivity index (χ3n) is 6.94. The molecule has 0 spiro atoms. The molecule has 0 bridgehead atoms. The van der Waals surface area contributed by atoms with Crippen LogP contribution in [0, 0.1) is 0 Å². The van der Waals surface area contributed by atoms with Gasteiger partial charge in [-0.1, -0.05) is 43.5 Å². The summed E-state index contributed by atoms with van der Waals surface area (Å²) in [6.45, 7) is 1.79. The van der Waals surface area contributed by atoms with E-state index in [2.05, 4.69) is 55.4 Å². The van der Waals surface area contributed by atoms with Crippen molar-refractivity contribution >= 4 is 0 Å². The Kier molecular flexibility index (Phi) is 6.08. The number of hydrogen-bond donors (Lipinski definition) is 0. The van der Waals surface area contributed by atoms with Gasteiger partial charge in [-0.2, -0.15) is 0 Å². The van der Waals surface area contributed by atoms with Crippen LogP contribution in [-0.2, 0) is 13.0 Å². The SMILES string of the molecule is COc1ccc([C@@H](c2nnnn2C2CCCCC2)N2CCc3ccccc3C2)c(OC)c1. The molecule has 1 aromatic heterocycles. The van der Waals surface area contributed by atoms with Crippen molar-refractivity contribution in [2.24, 2.45) is 0 Å². The van der Waals surface area contributed by atoms with Gasteiger partial charge in [-0.05, 0) is 52.9 Å². The van der Waals surface area contributed by atoms with Gasteiger partial charge in [-0.3, -0.25) is 4.90 Å². The maximum atomic E-state index is 5.83. The van der Waals surface area contributed by atoms with Crippen LogP contribution in [0.3, 0.4) is 0 Å². The summed E-state index contributed by atoms with van der Waals surface area (Å²) in [4.78, 5) is 2.48. The lowest BCUT2D eigenvalue weighted by Gasteiger charge is -2.36. The Balaban J connectivity index is 1.59. The van der Waals surface area contributed by atoms with Crippen LogP contribution >= 0.6 is 0 Å². The van der Waals surface area contributed by atoms with Crippen molar-refractivity contribution in [2.45, 2.75) is 57.2 Å². The molecule has 0 radical (unpaired) electrons. The molecule has 1 aliphatic heterocycles. The molecule has 2 aromatic carbocycles. The molecule has 0 amide bonds. The number of nitrogens with zero attached hydrogens (tertiary/aromatic N) is 5. The summed E-state index contributed by atoms with van der Waals surface area (Å²) in [5.74, 6) is 2.48. The van der Waals surface area contributed by atoms with Crippen LogP contribution in [0.15, 0.2) is 42.5 Å². The number of ether oxygens (including phenoxy) is 2. The second-order valence-electron chi connectivity index (χ2n) is 8.77. The minimum Gasteiger partial charge on any atom is -0.497 e. The van der Waals surface area contributed by atoms with Crippen LogP contribution in [-0.4, -0.2) is 45.9 Å². The van der Waals surface area contributed by atoms with Crippen LogP contribution in [0.2, 0.25) is 0 Å². The molecule has 7 nitrogen and oxygen atoms in total. The highest BCUT2D eigenvalue weighted by Crippen LogP contribution is 2.40. The summed E-state index contributed by atoms with van der Waals surface area (Å²) in [5.41, 5.74) is 3.86. The van der Waals surface area contributed by atoms with Crippen molar-refractivity contribution in [1.29, 1.82) is 0 Å². The van der Waals surface area contributed by atoms with Gasteiger partial charge in [0.1, 0.15) is 17.5 Å². The van der Waals surface area contributed by atoms with Crippen LogP contribution < -0.4 is 9.47 Å². The molecule has 3 aromatic rings. The van der Waals surface area contributed by atoms with E-state index in [1.807, 2.05) is 12.1 Å². The minimum absolute atomic E-state index is 0.0962. The molecule has 2 aliphatic rings. The van der Waals surface area contributed by atoms with Gasteiger partial charge < -0.3 is 9.47 Å². The first-order valence-corrected chi connectivity index (χ1v) is 11.6. The zero-order valence-corrected chi connectivity index (χ0v) is 18.9. The summed E-state index contributed by atoms with van der Waals surface area (Å²) in [7, 11) is 3.39. The third kappa shape index (κ3) is 3.97. The average molecular weight is 434 g/mol. The highest BCUT2D eigenvalue weighted by atomic mass is 16.5. The van der Waals surface area contributed by atoms with Crippen molar-refractivity contribution in [3.8, 4) is 11.5 Å². The maximum absolute atomic E-state index is 5.83. The van der Waals surface area contributed by atoms with Crippen molar-refractivity contribution < 1.29 is 9.47 Å². The molecule has 0 unspecified atom stereocenters. The maximum Gasteiger partial charge on any atom is 0.173 e. The van der Waals surface area contributed by atoms with Crippen molar-refractivity contribution in [2.75, 3.05) is 20.8 Å². The van der Waals surface area contributed by atoms with E-state index in [1.165, 1.54) is 30.4 Å². The molecule has 168 valence electrons. The Hall–Kier alpha value is -2.93. The van der Waals surface area contributed by atoms with Gasteiger partial charge in [0.2, 0.25) is 0 Å². The van der Waals surface area contributed by atoms with E-state index in [0.29, 0.717) is 6.04 Å². The smallest absolute Gasteiger partial charge is 0.173 e. The van der Waals surface area contributed by atoms with Gasteiger partial charge in [-0.25, -0.2) is 4.68 Å². The number of benzene rings is 2. The normalized spacial score (nSPS) is 18.2. The van der Waals surface area contributed by atoms with Gasteiger partial charge in [-0.15, -0.1) is 5.10 Å². The van der Waals surface area contributed by atoms with Crippen LogP contribution in [0.1, 0.15) is 66.7 Å². The number of tetrazole rings is 1. The predicted octanol–water partition coefficient (Wildman–Crippen LogP) is 4.34. The van der Waals surface area contributed by atoms with Gasteiger partial charge in [0, 0.05) is 24.7 Å². The lowest BCUT2D eigenvalue weighted by atomic mass is 9.93. The largest absolute Gasteiger partial charge is 0.497 e. The van der Waals surface area contributed by atoms with E-state index in [0.717, 1.165) is 55.2 Å². The van der Waals surface area contributed by atoms with E-state index < -0.39 is 0 Å². The number of rotatable bonds is 6. The molecule has 1 fully saturated rings. The van der Waals surface area contributed by atoms with E-state index >= 15 is 0 Å². The van der Waals surface area contributed by atoms with E-state index in [9.17, 15) is 0 Å². The molecule has 0 N–H and O–H groups in total. The van der Waals surface area contributed by atoms with Gasteiger partial charge in [0.15, 0.2) is 5.82 Å². The Morgan fingerprint density at radius 3 is 2.56 bits per heavy atom. The average Bonchev–Trinajstić information content (AvgIpc) is 3.34. The van der Waals surface area contributed by atoms with Gasteiger partial charge >= 0.3 is 0 Å². The van der Waals surface area contributed by atoms with Gasteiger partial charge in [0.25, 0.3) is 0 Å². The Labute approximate surface area is 189 Å². The zero-order valence-electron chi connectivity index (χ0n) is 18.9. The second kappa shape index (κ2) is 9.28. The number of fused-ring (bicyclic) bond motifs is 1. The van der Waals surface area contributed by atoms with Crippen molar-refractivity contribution in [3.63, 3.8) is 0 Å². The second-order valence-corrected chi connectivity index (χ2v) is 8.77. The summed E-state index contributed by atoms with van der Waals surface area (Å²) in [6.07, 6.45) is 7.04. The van der Waals surface area contributed by atoms with Gasteiger partial charge in [0.05, 0.1) is 20.3 Å². The number of methoxy groups -OCH3 is 2. The predicted molar refractivity (Wildman–Crippen MR) is 122 cm³/mol. The van der Waals surface area contributed by atoms with Crippen molar-refractivity contribution in [3.05, 3.63) is 65.0 Å². The van der Waals surface area contributed by atoms with Crippen molar-refractivity contribution in [1.82, 2.24) is 25.1 Å². The summed E-state index contributed by atoms with van der Waals surface area (Å²) < 4.78 is 13.4. The number of aromatic nitrogens is 4. The van der Waals surface area contributed by atoms with Crippen LogP contribution in [0.25, 0.3) is 0 Å². The fourth-order valence-corrected chi connectivity index (χ4v) is 5.25. The topological polar surface area (TPSA) is 65.3 Å². The molecule has 32 heavy (non-hydrogen) atoms. The molecule has 0 saturated heterocycles. The first-order chi connectivity index (χ1) is 15.8.